The van der Waals surface area contributed by atoms with Crippen LogP contribution in [0.5, 0.6) is 0 Å². The molecule has 0 spiro atoms. The topological polar surface area (TPSA) is 69.6 Å². The Morgan fingerprint density at radius 3 is 2.83 bits per heavy atom. The second kappa shape index (κ2) is 5.35. The average Bonchev–Trinajstić information content (AvgIpc) is 2.72. The Morgan fingerprint density at radius 1 is 1.44 bits per heavy atom. The maximum absolute atomic E-state index is 13.4. The van der Waals surface area contributed by atoms with Crippen molar-refractivity contribution in [1.29, 1.82) is 0 Å². The predicted octanol–water partition coefficient (Wildman–Crippen LogP) is 2.10. The molecule has 0 heterocycles. The number of carbonyl (C=O) groups is 1. The summed E-state index contributed by atoms with van der Waals surface area (Å²) in [4.78, 5) is 11.0. The molecule has 0 amide bonds. The molecule has 0 saturated heterocycles. The van der Waals surface area contributed by atoms with E-state index in [4.69, 9.17) is 5.11 Å². The van der Waals surface area contributed by atoms with Crippen LogP contribution >= 0.6 is 0 Å². The monoisotopic (exact) mass is 253 g/mol. The Labute approximate surface area is 104 Å². The van der Waals surface area contributed by atoms with E-state index in [9.17, 15) is 14.3 Å². The number of benzene rings is 1. The van der Waals surface area contributed by atoms with Crippen LogP contribution < -0.4 is 5.32 Å². The number of aliphatic hydroxyl groups is 1. The summed E-state index contributed by atoms with van der Waals surface area (Å²) < 4.78 is 13.4. The highest BCUT2D eigenvalue weighted by Gasteiger charge is 2.23. The number of nitrogens with one attached hydrogen (secondary N) is 1. The highest BCUT2D eigenvalue weighted by molar-refractivity contribution is 5.94. The van der Waals surface area contributed by atoms with Crippen molar-refractivity contribution in [2.24, 2.45) is 5.92 Å². The van der Waals surface area contributed by atoms with Gasteiger partial charge in [-0.1, -0.05) is 6.07 Å². The minimum absolute atomic E-state index is 0.261. The minimum atomic E-state index is -1.28. The lowest BCUT2D eigenvalue weighted by atomic mass is 10.1. The van der Waals surface area contributed by atoms with Crippen LogP contribution in [0.1, 0.15) is 29.6 Å². The molecule has 1 aromatic rings. The Morgan fingerprint density at radius 2 is 2.22 bits per heavy atom. The summed E-state index contributed by atoms with van der Waals surface area (Å²) in [6.07, 6.45) is 2.14. The van der Waals surface area contributed by atoms with Crippen molar-refractivity contribution >= 4 is 11.7 Å². The average molecular weight is 253 g/mol. The molecule has 1 aliphatic carbocycles. The highest BCUT2D eigenvalue weighted by atomic mass is 19.1. The van der Waals surface area contributed by atoms with Crippen molar-refractivity contribution in [1.82, 2.24) is 0 Å². The highest BCUT2D eigenvalue weighted by Crippen LogP contribution is 2.26. The Balaban J connectivity index is 2.05. The molecule has 1 fully saturated rings. The zero-order chi connectivity index (χ0) is 13.1. The van der Waals surface area contributed by atoms with Crippen molar-refractivity contribution in [2.45, 2.75) is 25.4 Å². The fraction of sp³-hybridized carbons (Fsp3) is 0.462. The van der Waals surface area contributed by atoms with E-state index in [1.807, 2.05) is 0 Å². The molecule has 18 heavy (non-hydrogen) atoms. The third-order valence-corrected chi connectivity index (χ3v) is 3.32. The summed E-state index contributed by atoms with van der Waals surface area (Å²) >= 11 is 0. The number of aliphatic hydroxyl groups excluding tert-OH is 1. The molecule has 0 radical (unpaired) electrons. The zero-order valence-electron chi connectivity index (χ0n) is 9.90. The van der Waals surface area contributed by atoms with Crippen molar-refractivity contribution < 1.29 is 19.4 Å². The third-order valence-electron chi connectivity index (χ3n) is 3.32. The molecule has 2 unspecified atom stereocenters. The molecular weight excluding hydrogens is 237 g/mol. The van der Waals surface area contributed by atoms with E-state index >= 15 is 0 Å². The van der Waals surface area contributed by atoms with Crippen molar-refractivity contribution in [3.8, 4) is 0 Å². The Hall–Kier alpha value is -1.62. The molecule has 1 aliphatic rings. The molecular formula is C13H16FNO3. The standard InChI is InChI=1S/C13H16FNO3/c14-10-2-1-3-11(12(10)13(17)18)15-7-8-4-5-9(16)6-8/h1-3,8-9,15-16H,4-7H2,(H,17,18). The fourth-order valence-electron chi connectivity index (χ4n) is 2.38. The molecule has 98 valence electrons. The van der Waals surface area contributed by atoms with Gasteiger partial charge in [-0.25, -0.2) is 9.18 Å². The van der Waals surface area contributed by atoms with Gasteiger partial charge in [-0.3, -0.25) is 0 Å². The van der Waals surface area contributed by atoms with E-state index in [0.29, 0.717) is 24.6 Å². The zero-order valence-corrected chi connectivity index (χ0v) is 9.90. The second-order valence-corrected chi connectivity index (χ2v) is 4.68. The number of carboxylic acid groups (broad SMARTS) is 1. The van der Waals surface area contributed by atoms with Crippen LogP contribution in [0, 0.1) is 11.7 Å². The molecule has 4 nitrogen and oxygen atoms in total. The molecule has 0 aliphatic heterocycles. The SMILES string of the molecule is O=C(O)c1c(F)cccc1NCC1CCC(O)C1. The van der Waals surface area contributed by atoms with Gasteiger partial charge in [-0.05, 0) is 37.3 Å². The number of hydrogen-bond donors (Lipinski definition) is 3. The number of aromatic carboxylic acids is 1. The van der Waals surface area contributed by atoms with Gasteiger partial charge in [0, 0.05) is 6.54 Å². The van der Waals surface area contributed by atoms with E-state index in [0.717, 1.165) is 18.9 Å². The minimum Gasteiger partial charge on any atom is -0.478 e. The van der Waals surface area contributed by atoms with E-state index in [1.54, 1.807) is 6.07 Å². The van der Waals surface area contributed by atoms with Gasteiger partial charge >= 0.3 is 5.97 Å². The molecule has 2 atom stereocenters. The molecule has 1 aromatic carbocycles. The van der Waals surface area contributed by atoms with Crippen LogP contribution in [0.3, 0.4) is 0 Å². The van der Waals surface area contributed by atoms with Crippen LogP contribution in [-0.4, -0.2) is 28.8 Å². The Kier molecular flexibility index (Phi) is 3.81. The maximum Gasteiger partial charge on any atom is 0.340 e. The fourth-order valence-corrected chi connectivity index (χ4v) is 2.38. The van der Waals surface area contributed by atoms with E-state index in [-0.39, 0.29) is 11.7 Å². The van der Waals surface area contributed by atoms with Gasteiger partial charge in [0.2, 0.25) is 0 Å². The van der Waals surface area contributed by atoms with Crippen LogP contribution in [0.4, 0.5) is 10.1 Å². The van der Waals surface area contributed by atoms with E-state index in [2.05, 4.69) is 5.32 Å². The number of carboxylic acids is 1. The summed E-state index contributed by atoms with van der Waals surface area (Å²) in [6.45, 7) is 0.556. The lowest BCUT2D eigenvalue weighted by Crippen LogP contribution is -2.15. The molecule has 2 rings (SSSR count). The van der Waals surface area contributed by atoms with E-state index < -0.39 is 11.8 Å². The second-order valence-electron chi connectivity index (χ2n) is 4.68. The summed E-state index contributed by atoms with van der Waals surface area (Å²) in [5.74, 6) is -1.70. The number of rotatable bonds is 4. The molecule has 3 N–H and O–H groups in total. The summed E-state index contributed by atoms with van der Waals surface area (Å²) in [5, 5.41) is 21.3. The van der Waals surface area contributed by atoms with Gasteiger partial charge in [-0.2, -0.15) is 0 Å². The number of hydrogen-bond acceptors (Lipinski definition) is 3. The van der Waals surface area contributed by atoms with Crippen LogP contribution in [0.2, 0.25) is 0 Å². The Bertz CT molecular complexity index is 450. The van der Waals surface area contributed by atoms with Gasteiger partial charge in [0.1, 0.15) is 11.4 Å². The van der Waals surface area contributed by atoms with Crippen molar-refractivity contribution in [3.63, 3.8) is 0 Å². The predicted molar refractivity (Wildman–Crippen MR) is 65.2 cm³/mol. The van der Waals surface area contributed by atoms with Gasteiger partial charge in [0.05, 0.1) is 11.8 Å². The van der Waals surface area contributed by atoms with Crippen molar-refractivity contribution in [2.75, 3.05) is 11.9 Å². The number of anilines is 1. The van der Waals surface area contributed by atoms with Crippen molar-refractivity contribution in [3.05, 3.63) is 29.6 Å². The van der Waals surface area contributed by atoms with Gasteiger partial charge < -0.3 is 15.5 Å². The molecule has 5 heteroatoms. The van der Waals surface area contributed by atoms with E-state index in [1.165, 1.54) is 6.07 Å². The first kappa shape index (κ1) is 12.8. The summed E-state index contributed by atoms with van der Waals surface area (Å²) in [7, 11) is 0. The third kappa shape index (κ3) is 2.79. The van der Waals surface area contributed by atoms with Gasteiger partial charge in [0.25, 0.3) is 0 Å². The largest absolute Gasteiger partial charge is 0.478 e. The molecule has 1 saturated carbocycles. The quantitative estimate of drug-likeness (QED) is 0.768. The van der Waals surface area contributed by atoms with Gasteiger partial charge in [-0.15, -0.1) is 0 Å². The summed E-state index contributed by atoms with van der Waals surface area (Å²) in [5.41, 5.74) is -0.0278. The first-order chi connectivity index (χ1) is 8.58. The normalized spacial score (nSPS) is 23.0. The molecule has 0 bridgehead atoms. The van der Waals surface area contributed by atoms with Crippen LogP contribution in [0.15, 0.2) is 18.2 Å². The number of halogens is 1. The smallest absolute Gasteiger partial charge is 0.340 e. The maximum atomic E-state index is 13.4. The van der Waals surface area contributed by atoms with Crippen LogP contribution in [-0.2, 0) is 0 Å². The molecule has 0 aromatic heterocycles. The first-order valence-corrected chi connectivity index (χ1v) is 6.01. The van der Waals surface area contributed by atoms with Gasteiger partial charge in [0.15, 0.2) is 0 Å². The van der Waals surface area contributed by atoms with Crippen LogP contribution in [0.25, 0.3) is 0 Å². The summed E-state index contributed by atoms with van der Waals surface area (Å²) in [6, 6.07) is 4.17. The first-order valence-electron chi connectivity index (χ1n) is 6.01. The lowest BCUT2D eigenvalue weighted by molar-refractivity contribution is 0.0693. The lowest BCUT2D eigenvalue weighted by Gasteiger charge is -2.14.